The number of para-hydroxylation sites is 1. The van der Waals surface area contributed by atoms with Crippen LogP contribution in [0.15, 0.2) is 53.0 Å². The third kappa shape index (κ3) is 1.10. The first-order chi connectivity index (χ1) is 6.93. The van der Waals surface area contributed by atoms with Crippen molar-refractivity contribution in [1.82, 2.24) is 0 Å². The molecule has 0 N–H and O–H groups in total. The number of furan rings is 1. The van der Waals surface area contributed by atoms with E-state index in [0.29, 0.717) is 0 Å². The molecule has 68 valence electrons. The summed E-state index contributed by atoms with van der Waals surface area (Å²) in [5.41, 5.74) is 2.16. The predicted molar refractivity (Wildman–Crippen MR) is 57.9 cm³/mol. The maximum absolute atomic E-state index is 5.73. The maximum atomic E-state index is 5.73. The van der Waals surface area contributed by atoms with Gasteiger partial charge in [0.1, 0.15) is 11.3 Å². The Morgan fingerprint density at radius 3 is 2.86 bits per heavy atom. The van der Waals surface area contributed by atoms with E-state index in [2.05, 4.69) is 30.4 Å². The van der Waals surface area contributed by atoms with E-state index in [4.69, 9.17) is 4.42 Å². The van der Waals surface area contributed by atoms with Gasteiger partial charge in [-0.15, -0.1) is 0 Å². The van der Waals surface area contributed by atoms with Crippen molar-refractivity contribution in [3.63, 3.8) is 0 Å². The van der Waals surface area contributed by atoms with Gasteiger partial charge in [0, 0.05) is 11.0 Å². The quantitative estimate of drug-likeness (QED) is 0.654. The molecule has 0 unspecified atom stereocenters. The number of fused-ring (bicyclic) bond motifs is 1. The SMILES string of the molecule is C1=CC(c2cc3ccccc3o2)=CC1. The fraction of sp³-hybridized carbons (Fsp3) is 0.0769. The monoisotopic (exact) mass is 182 g/mol. The van der Waals surface area contributed by atoms with Crippen LogP contribution in [-0.2, 0) is 0 Å². The third-order valence-corrected chi connectivity index (χ3v) is 2.48. The van der Waals surface area contributed by atoms with Crippen LogP contribution in [-0.4, -0.2) is 0 Å². The molecule has 0 radical (unpaired) electrons. The van der Waals surface area contributed by atoms with E-state index < -0.39 is 0 Å². The van der Waals surface area contributed by atoms with Crippen molar-refractivity contribution in [2.24, 2.45) is 0 Å². The molecule has 1 aliphatic rings. The van der Waals surface area contributed by atoms with Crippen LogP contribution in [0, 0.1) is 0 Å². The van der Waals surface area contributed by atoms with Gasteiger partial charge >= 0.3 is 0 Å². The van der Waals surface area contributed by atoms with Crippen LogP contribution in [0.5, 0.6) is 0 Å². The second-order valence-electron chi connectivity index (χ2n) is 3.45. The minimum absolute atomic E-state index is 0.962. The molecule has 1 aromatic carbocycles. The van der Waals surface area contributed by atoms with Crippen molar-refractivity contribution < 1.29 is 4.42 Å². The van der Waals surface area contributed by atoms with Crippen LogP contribution >= 0.6 is 0 Å². The molecule has 1 nitrogen and oxygen atoms in total. The van der Waals surface area contributed by atoms with E-state index in [9.17, 15) is 0 Å². The Kier molecular flexibility index (Phi) is 1.57. The van der Waals surface area contributed by atoms with E-state index in [0.717, 1.165) is 17.8 Å². The Morgan fingerprint density at radius 2 is 2.07 bits per heavy atom. The molecule has 1 aliphatic carbocycles. The van der Waals surface area contributed by atoms with Crippen LogP contribution in [0.25, 0.3) is 16.5 Å². The van der Waals surface area contributed by atoms with Gasteiger partial charge < -0.3 is 4.42 Å². The molecule has 1 heterocycles. The summed E-state index contributed by atoms with van der Waals surface area (Å²) < 4.78 is 5.73. The van der Waals surface area contributed by atoms with Crippen molar-refractivity contribution in [3.05, 3.63) is 54.3 Å². The number of allylic oxidation sites excluding steroid dienone is 4. The molecule has 1 aromatic heterocycles. The fourth-order valence-corrected chi connectivity index (χ4v) is 1.76. The molecule has 0 atom stereocenters. The standard InChI is InChI=1S/C13H10O/c1-2-6-10(5-1)13-9-11-7-3-4-8-12(11)14-13/h1,3-9H,2H2. The summed E-state index contributed by atoms with van der Waals surface area (Å²) in [6.45, 7) is 0. The largest absolute Gasteiger partial charge is 0.456 e. The summed E-state index contributed by atoms with van der Waals surface area (Å²) in [6.07, 6.45) is 7.45. The predicted octanol–water partition coefficient (Wildman–Crippen LogP) is 3.78. The van der Waals surface area contributed by atoms with Gasteiger partial charge in [-0.05, 0) is 18.6 Å². The lowest BCUT2D eigenvalue weighted by molar-refractivity contribution is 0.601. The fourth-order valence-electron chi connectivity index (χ4n) is 1.76. The van der Waals surface area contributed by atoms with E-state index >= 15 is 0 Å². The average Bonchev–Trinajstić information content (AvgIpc) is 2.86. The Morgan fingerprint density at radius 1 is 1.14 bits per heavy atom. The highest BCUT2D eigenvalue weighted by molar-refractivity contribution is 5.84. The van der Waals surface area contributed by atoms with Crippen LogP contribution < -0.4 is 0 Å². The van der Waals surface area contributed by atoms with Gasteiger partial charge in [-0.25, -0.2) is 0 Å². The first kappa shape index (κ1) is 7.63. The lowest BCUT2D eigenvalue weighted by Gasteiger charge is -1.90. The van der Waals surface area contributed by atoms with Gasteiger partial charge in [0.15, 0.2) is 0 Å². The molecule has 14 heavy (non-hydrogen) atoms. The van der Waals surface area contributed by atoms with Gasteiger partial charge in [-0.2, -0.15) is 0 Å². The smallest absolute Gasteiger partial charge is 0.135 e. The highest BCUT2D eigenvalue weighted by atomic mass is 16.3. The number of benzene rings is 1. The minimum atomic E-state index is 0.962. The van der Waals surface area contributed by atoms with E-state index in [1.807, 2.05) is 18.2 Å². The van der Waals surface area contributed by atoms with Crippen molar-refractivity contribution in [1.29, 1.82) is 0 Å². The van der Waals surface area contributed by atoms with Crippen molar-refractivity contribution in [2.45, 2.75) is 6.42 Å². The highest BCUT2D eigenvalue weighted by Crippen LogP contribution is 2.27. The van der Waals surface area contributed by atoms with E-state index in [1.54, 1.807) is 0 Å². The molecular weight excluding hydrogens is 172 g/mol. The average molecular weight is 182 g/mol. The summed E-state index contributed by atoms with van der Waals surface area (Å²) in [5.74, 6) is 0.972. The Balaban J connectivity index is 2.19. The lowest BCUT2D eigenvalue weighted by Crippen LogP contribution is -1.69. The molecule has 0 saturated heterocycles. The lowest BCUT2D eigenvalue weighted by atomic mass is 10.2. The normalized spacial score (nSPS) is 15.0. The summed E-state index contributed by atoms with van der Waals surface area (Å²) in [6, 6.07) is 10.2. The van der Waals surface area contributed by atoms with Gasteiger partial charge in [0.25, 0.3) is 0 Å². The molecule has 1 heteroatoms. The van der Waals surface area contributed by atoms with Crippen molar-refractivity contribution in [2.75, 3.05) is 0 Å². The number of hydrogen-bond donors (Lipinski definition) is 0. The second-order valence-corrected chi connectivity index (χ2v) is 3.45. The van der Waals surface area contributed by atoms with Gasteiger partial charge in [-0.3, -0.25) is 0 Å². The number of hydrogen-bond acceptors (Lipinski definition) is 1. The Hall–Kier alpha value is -1.76. The molecular formula is C13H10O. The van der Waals surface area contributed by atoms with Crippen LogP contribution in [0.3, 0.4) is 0 Å². The molecule has 2 aromatic rings. The zero-order valence-corrected chi connectivity index (χ0v) is 7.73. The Bertz CT molecular complexity index is 496. The third-order valence-electron chi connectivity index (χ3n) is 2.48. The molecule has 3 rings (SSSR count). The number of rotatable bonds is 1. The van der Waals surface area contributed by atoms with Crippen molar-refractivity contribution in [3.8, 4) is 0 Å². The molecule has 0 amide bonds. The molecule has 0 aliphatic heterocycles. The zero-order valence-electron chi connectivity index (χ0n) is 7.73. The molecule has 0 spiro atoms. The minimum Gasteiger partial charge on any atom is -0.456 e. The molecule has 0 bridgehead atoms. The summed E-state index contributed by atoms with van der Waals surface area (Å²) in [7, 11) is 0. The topological polar surface area (TPSA) is 13.1 Å². The molecule has 0 fully saturated rings. The highest BCUT2D eigenvalue weighted by Gasteiger charge is 2.07. The van der Waals surface area contributed by atoms with Crippen LogP contribution in [0.4, 0.5) is 0 Å². The maximum Gasteiger partial charge on any atom is 0.135 e. The first-order valence-corrected chi connectivity index (χ1v) is 4.79. The summed E-state index contributed by atoms with van der Waals surface area (Å²) in [4.78, 5) is 0. The Labute approximate surface area is 82.3 Å². The zero-order chi connectivity index (χ0) is 9.38. The summed E-state index contributed by atoms with van der Waals surface area (Å²) >= 11 is 0. The molecule has 0 saturated carbocycles. The van der Waals surface area contributed by atoms with E-state index in [-0.39, 0.29) is 0 Å². The summed E-state index contributed by atoms with van der Waals surface area (Å²) in [5, 5.41) is 1.17. The van der Waals surface area contributed by atoms with Crippen LogP contribution in [0.2, 0.25) is 0 Å². The van der Waals surface area contributed by atoms with Gasteiger partial charge in [0.2, 0.25) is 0 Å². The van der Waals surface area contributed by atoms with Gasteiger partial charge in [0.05, 0.1) is 0 Å². The van der Waals surface area contributed by atoms with E-state index in [1.165, 1.54) is 11.0 Å². The van der Waals surface area contributed by atoms with Crippen LogP contribution in [0.1, 0.15) is 12.2 Å². The second kappa shape index (κ2) is 2.88. The van der Waals surface area contributed by atoms with Gasteiger partial charge in [-0.1, -0.05) is 36.4 Å². The van der Waals surface area contributed by atoms with Crippen molar-refractivity contribution >= 4 is 16.5 Å². The first-order valence-electron chi connectivity index (χ1n) is 4.79.